The molecule has 0 amide bonds. The fourth-order valence-corrected chi connectivity index (χ4v) is 2.08. The van der Waals surface area contributed by atoms with Crippen LogP contribution in [0.1, 0.15) is 32.4 Å². The average molecular weight is 291 g/mol. The van der Waals surface area contributed by atoms with Crippen LogP contribution in [0, 0.1) is 11.6 Å². The molecular weight excluding hydrogens is 272 g/mol. The van der Waals surface area contributed by atoms with Crippen molar-refractivity contribution < 1.29 is 13.5 Å². The van der Waals surface area contributed by atoms with E-state index in [2.05, 4.69) is 5.32 Å². The van der Waals surface area contributed by atoms with Crippen molar-refractivity contribution in [3.05, 3.63) is 59.7 Å². The number of nitrogens with one attached hydrogen (secondary N) is 1. The Hall–Kier alpha value is -2.10. The second-order valence-corrected chi connectivity index (χ2v) is 5.23. The van der Waals surface area contributed by atoms with Crippen LogP contribution < -0.4 is 10.1 Å². The summed E-state index contributed by atoms with van der Waals surface area (Å²) >= 11 is 0. The van der Waals surface area contributed by atoms with E-state index in [9.17, 15) is 8.78 Å². The van der Waals surface area contributed by atoms with Gasteiger partial charge in [0.25, 0.3) is 0 Å². The number of halogens is 2. The van der Waals surface area contributed by atoms with Gasteiger partial charge in [-0.3, -0.25) is 0 Å². The van der Waals surface area contributed by atoms with Gasteiger partial charge in [0.05, 0.1) is 11.8 Å². The van der Waals surface area contributed by atoms with Crippen LogP contribution in [-0.2, 0) is 0 Å². The lowest BCUT2D eigenvalue weighted by Gasteiger charge is -2.20. The highest BCUT2D eigenvalue weighted by Crippen LogP contribution is 2.29. The SMILES string of the molecule is CC(C)Oc1ccccc1NC(C)c1cc(F)cc(F)c1. The number of rotatable bonds is 5. The van der Waals surface area contributed by atoms with Gasteiger partial charge in [-0.2, -0.15) is 0 Å². The van der Waals surface area contributed by atoms with Crippen molar-refractivity contribution in [3.63, 3.8) is 0 Å². The second-order valence-electron chi connectivity index (χ2n) is 5.23. The molecule has 0 aromatic heterocycles. The average Bonchev–Trinajstić information content (AvgIpc) is 2.39. The first-order valence-electron chi connectivity index (χ1n) is 6.94. The molecule has 0 spiro atoms. The van der Waals surface area contributed by atoms with Crippen LogP contribution in [-0.4, -0.2) is 6.10 Å². The van der Waals surface area contributed by atoms with Gasteiger partial charge in [0.1, 0.15) is 17.4 Å². The molecule has 0 aliphatic rings. The Kier molecular flexibility index (Phi) is 4.78. The summed E-state index contributed by atoms with van der Waals surface area (Å²) in [4.78, 5) is 0. The van der Waals surface area contributed by atoms with Gasteiger partial charge in [-0.15, -0.1) is 0 Å². The molecule has 0 radical (unpaired) electrons. The van der Waals surface area contributed by atoms with Gasteiger partial charge in [0.15, 0.2) is 0 Å². The standard InChI is InChI=1S/C17H19F2NO/c1-11(2)21-17-7-5-4-6-16(17)20-12(3)13-8-14(18)10-15(19)9-13/h4-12,20H,1-3H3. The Balaban J connectivity index is 2.21. The third-order valence-electron chi connectivity index (χ3n) is 3.01. The maximum atomic E-state index is 13.3. The summed E-state index contributed by atoms with van der Waals surface area (Å²) in [5, 5.41) is 3.23. The van der Waals surface area contributed by atoms with Crippen LogP contribution in [0.2, 0.25) is 0 Å². The maximum Gasteiger partial charge on any atom is 0.142 e. The number of ether oxygens (including phenoxy) is 1. The monoisotopic (exact) mass is 291 g/mol. The number of hydrogen-bond acceptors (Lipinski definition) is 2. The quantitative estimate of drug-likeness (QED) is 0.843. The Bertz CT molecular complexity index is 593. The van der Waals surface area contributed by atoms with E-state index in [0.717, 1.165) is 17.5 Å². The summed E-state index contributed by atoms with van der Waals surface area (Å²) in [6.07, 6.45) is 0.0508. The summed E-state index contributed by atoms with van der Waals surface area (Å²) in [5.41, 5.74) is 1.34. The van der Waals surface area contributed by atoms with Crippen LogP contribution >= 0.6 is 0 Å². The molecule has 0 saturated carbocycles. The summed E-state index contributed by atoms with van der Waals surface area (Å²) in [6.45, 7) is 5.74. The minimum Gasteiger partial charge on any atom is -0.489 e. The van der Waals surface area contributed by atoms with Gasteiger partial charge in [-0.25, -0.2) is 8.78 Å². The molecule has 0 aliphatic carbocycles. The molecule has 21 heavy (non-hydrogen) atoms. The van der Waals surface area contributed by atoms with E-state index in [1.807, 2.05) is 45.0 Å². The van der Waals surface area contributed by atoms with Gasteiger partial charge in [-0.05, 0) is 50.6 Å². The van der Waals surface area contributed by atoms with Gasteiger partial charge >= 0.3 is 0 Å². The van der Waals surface area contributed by atoms with Gasteiger partial charge < -0.3 is 10.1 Å². The fourth-order valence-electron chi connectivity index (χ4n) is 2.08. The highest BCUT2D eigenvalue weighted by molar-refractivity contribution is 5.57. The minimum atomic E-state index is -0.578. The fraction of sp³-hybridized carbons (Fsp3) is 0.294. The topological polar surface area (TPSA) is 21.3 Å². The molecule has 2 aromatic rings. The molecule has 2 rings (SSSR count). The van der Waals surface area contributed by atoms with Crippen molar-refractivity contribution in [2.75, 3.05) is 5.32 Å². The molecule has 2 aromatic carbocycles. The van der Waals surface area contributed by atoms with E-state index in [1.54, 1.807) is 0 Å². The molecule has 2 nitrogen and oxygen atoms in total. The Morgan fingerprint density at radius 2 is 1.57 bits per heavy atom. The zero-order chi connectivity index (χ0) is 15.4. The highest BCUT2D eigenvalue weighted by Gasteiger charge is 2.12. The van der Waals surface area contributed by atoms with E-state index in [-0.39, 0.29) is 12.1 Å². The lowest BCUT2D eigenvalue weighted by atomic mass is 10.1. The first-order chi connectivity index (χ1) is 9.95. The molecule has 1 unspecified atom stereocenters. The van der Waals surface area contributed by atoms with Crippen molar-refractivity contribution in [2.45, 2.75) is 32.9 Å². The number of hydrogen-bond donors (Lipinski definition) is 1. The van der Waals surface area contributed by atoms with Crippen LogP contribution in [0.5, 0.6) is 5.75 Å². The van der Waals surface area contributed by atoms with Crippen LogP contribution in [0.15, 0.2) is 42.5 Å². The first kappa shape index (κ1) is 15.3. The first-order valence-corrected chi connectivity index (χ1v) is 6.94. The van der Waals surface area contributed by atoms with Crippen molar-refractivity contribution in [1.29, 1.82) is 0 Å². The molecule has 1 atom stereocenters. The smallest absolute Gasteiger partial charge is 0.142 e. The molecule has 1 N–H and O–H groups in total. The highest BCUT2D eigenvalue weighted by atomic mass is 19.1. The predicted molar refractivity (Wildman–Crippen MR) is 80.6 cm³/mol. The lowest BCUT2D eigenvalue weighted by molar-refractivity contribution is 0.243. The third kappa shape index (κ3) is 4.18. The molecule has 0 saturated heterocycles. The summed E-state index contributed by atoms with van der Waals surface area (Å²) in [7, 11) is 0. The maximum absolute atomic E-state index is 13.3. The summed E-state index contributed by atoms with van der Waals surface area (Å²) in [5.74, 6) is -0.438. The van der Waals surface area contributed by atoms with Crippen LogP contribution in [0.4, 0.5) is 14.5 Å². The molecule has 0 fully saturated rings. The van der Waals surface area contributed by atoms with Gasteiger partial charge in [0.2, 0.25) is 0 Å². The van der Waals surface area contributed by atoms with Crippen molar-refractivity contribution in [3.8, 4) is 5.75 Å². The number of benzene rings is 2. The van der Waals surface area contributed by atoms with E-state index in [1.165, 1.54) is 12.1 Å². The summed E-state index contributed by atoms with van der Waals surface area (Å²) in [6, 6.07) is 10.8. The van der Waals surface area contributed by atoms with Crippen LogP contribution in [0.25, 0.3) is 0 Å². The van der Waals surface area contributed by atoms with E-state index in [4.69, 9.17) is 4.74 Å². The Labute approximate surface area is 123 Å². The minimum absolute atomic E-state index is 0.0508. The molecule has 0 aliphatic heterocycles. The van der Waals surface area contributed by atoms with Crippen molar-refractivity contribution >= 4 is 5.69 Å². The lowest BCUT2D eigenvalue weighted by Crippen LogP contribution is -2.11. The predicted octanol–water partition coefficient (Wildman–Crippen LogP) is 4.93. The van der Waals surface area contributed by atoms with Crippen LogP contribution in [0.3, 0.4) is 0 Å². The largest absolute Gasteiger partial charge is 0.489 e. The third-order valence-corrected chi connectivity index (χ3v) is 3.01. The Morgan fingerprint density at radius 3 is 2.19 bits per heavy atom. The number of para-hydroxylation sites is 2. The molecular formula is C17H19F2NO. The van der Waals surface area contributed by atoms with Crippen molar-refractivity contribution in [1.82, 2.24) is 0 Å². The molecule has 0 bridgehead atoms. The van der Waals surface area contributed by atoms with Crippen molar-refractivity contribution in [2.24, 2.45) is 0 Å². The zero-order valence-electron chi connectivity index (χ0n) is 12.4. The Morgan fingerprint density at radius 1 is 0.952 bits per heavy atom. The van der Waals surface area contributed by atoms with Gasteiger partial charge in [-0.1, -0.05) is 12.1 Å². The zero-order valence-corrected chi connectivity index (χ0v) is 12.4. The molecule has 0 heterocycles. The molecule has 4 heteroatoms. The molecule has 112 valence electrons. The van der Waals surface area contributed by atoms with E-state index in [0.29, 0.717) is 5.56 Å². The second kappa shape index (κ2) is 6.57. The number of anilines is 1. The van der Waals surface area contributed by atoms with Gasteiger partial charge in [0, 0.05) is 12.1 Å². The normalized spacial score (nSPS) is 12.3. The van der Waals surface area contributed by atoms with E-state index >= 15 is 0 Å². The van der Waals surface area contributed by atoms with E-state index < -0.39 is 11.6 Å². The summed E-state index contributed by atoms with van der Waals surface area (Å²) < 4.78 is 32.3.